The molecule has 1 saturated heterocycles. The van der Waals surface area contributed by atoms with Gasteiger partial charge in [0.2, 0.25) is 5.91 Å². The Labute approximate surface area is 77.6 Å². The molecule has 0 bridgehead atoms. The number of carbonyl (C=O) groups is 2. The zero-order valence-corrected chi connectivity index (χ0v) is 8.16. The quantitative estimate of drug-likeness (QED) is 0.509. The van der Waals surface area contributed by atoms with Crippen LogP contribution >= 0.6 is 0 Å². The van der Waals surface area contributed by atoms with Crippen molar-refractivity contribution in [3.8, 4) is 0 Å². The lowest BCUT2D eigenvalue weighted by molar-refractivity contribution is -0.151. The minimum absolute atomic E-state index is 0.0194. The summed E-state index contributed by atoms with van der Waals surface area (Å²) in [5, 5.41) is 2.72. The molecule has 0 aromatic heterocycles. The first kappa shape index (κ1) is 10.0. The molecule has 1 aliphatic rings. The number of hydrogen-bond donors (Lipinski definition) is 1. The van der Waals surface area contributed by atoms with Gasteiger partial charge in [0.25, 0.3) is 0 Å². The average molecular weight is 185 g/mol. The summed E-state index contributed by atoms with van der Waals surface area (Å²) in [5.74, 6) is -0.478. The van der Waals surface area contributed by atoms with Gasteiger partial charge in [0.15, 0.2) is 0 Å². The van der Waals surface area contributed by atoms with Crippen LogP contribution in [0.1, 0.15) is 20.3 Å². The first-order valence-corrected chi connectivity index (χ1v) is 4.50. The molecule has 1 aliphatic heterocycles. The topological polar surface area (TPSA) is 55.4 Å². The zero-order chi connectivity index (χ0) is 10.0. The molecule has 1 fully saturated rings. The van der Waals surface area contributed by atoms with Gasteiger partial charge in [-0.25, -0.2) is 0 Å². The minimum atomic E-state index is -0.261. The maximum absolute atomic E-state index is 11.1. The van der Waals surface area contributed by atoms with Gasteiger partial charge in [0.05, 0.1) is 25.0 Å². The average Bonchev–Trinajstić information content (AvgIpc) is 2.12. The Bertz CT molecular complexity index is 227. The first-order valence-electron chi connectivity index (χ1n) is 4.50. The molecule has 0 spiro atoms. The second-order valence-corrected chi connectivity index (χ2v) is 3.36. The van der Waals surface area contributed by atoms with Crippen molar-refractivity contribution in [2.45, 2.75) is 26.3 Å². The Morgan fingerprint density at radius 1 is 1.69 bits per heavy atom. The van der Waals surface area contributed by atoms with E-state index in [9.17, 15) is 9.59 Å². The maximum atomic E-state index is 11.1. The normalized spacial score (nSPS) is 28.7. The monoisotopic (exact) mass is 185 g/mol. The molecule has 1 N–H and O–H groups in total. The highest BCUT2D eigenvalue weighted by molar-refractivity contribution is 5.88. The molecule has 0 aliphatic carbocycles. The van der Waals surface area contributed by atoms with Crippen LogP contribution in [0.4, 0.5) is 0 Å². The lowest BCUT2D eigenvalue weighted by atomic mass is 9.80. The van der Waals surface area contributed by atoms with Crippen LogP contribution < -0.4 is 5.32 Å². The fraction of sp³-hybridized carbons (Fsp3) is 0.778. The Kier molecular flexibility index (Phi) is 2.90. The number of ether oxygens (including phenoxy) is 1. The first-order chi connectivity index (χ1) is 6.11. The predicted octanol–water partition coefficient (Wildman–Crippen LogP) is 0.320. The van der Waals surface area contributed by atoms with Gasteiger partial charge in [-0.15, -0.1) is 0 Å². The summed E-state index contributed by atoms with van der Waals surface area (Å²) < 4.78 is 4.61. The van der Waals surface area contributed by atoms with Crippen molar-refractivity contribution >= 4 is 11.9 Å². The van der Waals surface area contributed by atoms with E-state index in [1.165, 1.54) is 7.11 Å². The highest BCUT2D eigenvalue weighted by atomic mass is 16.5. The van der Waals surface area contributed by atoms with Crippen molar-refractivity contribution in [2.75, 3.05) is 7.11 Å². The molecule has 4 heteroatoms. The standard InChI is InChI=1S/C9H15NO3/c1-4-6-7(10-8(6)11)5(2)9(12)13-3/h5-7H,4H2,1-3H3,(H,10,11)/t5-,6-,7-/m1/s1. The maximum Gasteiger partial charge on any atom is 0.310 e. The van der Waals surface area contributed by atoms with Gasteiger partial charge >= 0.3 is 5.97 Å². The van der Waals surface area contributed by atoms with Crippen LogP contribution in [0.25, 0.3) is 0 Å². The van der Waals surface area contributed by atoms with E-state index in [0.29, 0.717) is 0 Å². The number of rotatable bonds is 3. The molecule has 0 unspecified atom stereocenters. The summed E-state index contributed by atoms with van der Waals surface area (Å²) in [4.78, 5) is 22.2. The highest BCUT2D eigenvalue weighted by Crippen LogP contribution is 2.25. The minimum Gasteiger partial charge on any atom is -0.469 e. The molecule has 1 amide bonds. The number of hydrogen-bond acceptors (Lipinski definition) is 3. The Morgan fingerprint density at radius 3 is 2.69 bits per heavy atom. The lowest BCUT2D eigenvalue weighted by Crippen LogP contribution is -2.62. The summed E-state index contributed by atoms with van der Waals surface area (Å²) in [6, 6.07) is -0.0371. The smallest absolute Gasteiger partial charge is 0.310 e. The number of methoxy groups -OCH3 is 1. The summed E-state index contributed by atoms with van der Waals surface area (Å²) in [5.41, 5.74) is 0. The SMILES string of the molecule is CC[C@H]1C(=O)N[C@@H]1[C@@H](C)C(=O)OC. The molecule has 1 rings (SSSR count). The van der Waals surface area contributed by atoms with Gasteiger partial charge in [-0.2, -0.15) is 0 Å². The molecule has 3 atom stereocenters. The van der Waals surface area contributed by atoms with Gasteiger partial charge in [-0.05, 0) is 13.3 Å². The third kappa shape index (κ3) is 1.66. The van der Waals surface area contributed by atoms with Crippen molar-refractivity contribution in [1.29, 1.82) is 0 Å². The van der Waals surface area contributed by atoms with Crippen molar-refractivity contribution in [3.63, 3.8) is 0 Å². The lowest BCUT2D eigenvalue weighted by Gasteiger charge is -2.38. The van der Waals surface area contributed by atoms with E-state index in [0.717, 1.165) is 6.42 Å². The van der Waals surface area contributed by atoms with E-state index in [1.54, 1.807) is 6.92 Å². The van der Waals surface area contributed by atoms with Gasteiger partial charge < -0.3 is 10.1 Å². The number of β-lactam (4-membered cyclic amide) rings is 1. The molecule has 0 radical (unpaired) electrons. The molecular formula is C9H15NO3. The molecule has 4 nitrogen and oxygen atoms in total. The van der Waals surface area contributed by atoms with E-state index in [2.05, 4.69) is 10.1 Å². The van der Waals surface area contributed by atoms with Crippen LogP contribution in [-0.2, 0) is 14.3 Å². The van der Waals surface area contributed by atoms with Crippen LogP contribution in [0.15, 0.2) is 0 Å². The number of carbonyl (C=O) groups excluding carboxylic acids is 2. The molecular weight excluding hydrogens is 170 g/mol. The van der Waals surface area contributed by atoms with Crippen molar-refractivity contribution in [2.24, 2.45) is 11.8 Å². The highest BCUT2D eigenvalue weighted by Gasteiger charge is 2.43. The summed E-state index contributed by atoms with van der Waals surface area (Å²) in [7, 11) is 1.36. The summed E-state index contributed by atoms with van der Waals surface area (Å²) in [6.45, 7) is 3.72. The van der Waals surface area contributed by atoms with E-state index >= 15 is 0 Å². The van der Waals surface area contributed by atoms with Crippen LogP contribution in [0.2, 0.25) is 0 Å². The van der Waals surface area contributed by atoms with E-state index in [1.807, 2.05) is 6.92 Å². The molecule has 1 heterocycles. The largest absolute Gasteiger partial charge is 0.469 e. The van der Waals surface area contributed by atoms with E-state index in [4.69, 9.17) is 0 Å². The molecule has 0 aromatic rings. The molecule has 74 valence electrons. The van der Waals surface area contributed by atoms with Gasteiger partial charge in [0.1, 0.15) is 0 Å². The Hall–Kier alpha value is -1.06. The van der Waals surface area contributed by atoms with E-state index < -0.39 is 0 Å². The molecule has 0 aromatic carbocycles. The second-order valence-electron chi connectivity index (χ2n) is 3.36. The van der Waals surface area contributed by atoms with Crippen molar-refractivity contribution in [1.82, 2.24) is 5.32 Å². The van der Waals surface area contributed by atoms with Crippen LogP contribution in [-0.4, -0.2) is 25.0 Å². The van der Waals surface area contributed by atoms with Gasteiger partial charge in [-0.3, -0.25) is 9.59 Å². The third-order valence-corrected chi connectivity index (χ3v) is 2.63. The van der Waals surface area contributed by atoms with Crippen molar-refractivity contribution in [3.05, 3.63) is 0 Å². The second kappa shape index (κ2) is 3.77. The fourth-order valence-corrected chi connectivity index (χ4v) is 1.68. The van der Waals surface area contributed by atoms with E-state index in [-0.39, 0.29) is 29.8 Å². The zero-order valence-electron chi connectivity index (χ0n) is 8.16. The summed E-state index contributed by atoms with van der Waals surface area (Å²) >= 11 is 0. The van der Waals surface area contributed by atoms with Gasteiger partial charge in [-0.1, -0.05) is 6.92 Å². The molecule has 0 saturated carbocycles. The predicted molar refractivity (Wildman–Crippen MR) is 46.9 cm³/mol. The van der Waals surface area contributed by atoms with Crippen LogP contribution in [0, 0.1) is 11.8 Å². The number of amides is 1. The number of nitrogens with one attached hydrogen (secondary N) is 1. The fourth-order valence-electron chi connectivity index (χ4n) is 1.68. The van der Waals surface area contributed by atoms with Crippen molar-refractivity contribution < 1.29 is 14.3 Å². The Balaban J connectivity index is 2.54. The molecule has 13 heavy (non-hydrogen) atoms. The van der Waals surface area contributed by atoms with Crippen LogP contribution in [0.3, 0.4) is 0 Å². The third-order valence-electron chi connectivity index (χ3n) is 2.63. The van der Waals surface area contributed by atoms with Crippen LogP contribution in [0.5, 0.6) is 0 Å². The Morgan fingerprint density at radius 2 is 2.31 bits per heavy atom. The van der Waals surface area contributed by atoms with Gasteiger partial charge in [0, 0.05) is 0 Å². The number of esters is 1. The summed E-state index contributed by atoms with van der Waals surface area (Å²) in [6.07, 6.45) is 0.776.